The molecule has 1 aliphatic carbocycles. The van der Waals surface area contributed by atoms with Crippen molar-refractivity contribution in [2.24, 2.45) is 0 Å². The van der Waals surface area contributed by atoms with Crippen molar-refractivity contribution in [3.8, 4) is 0 Å². The van der Waals surface area contributed by atoms with Crippen molar-refractivity contribution < 1.29 is 4.74 Å². The monoisotopic (exact) mass is 254 g/mol. The van der Waals surface area contributed by atoms with Gasteiger partial charge in [0.25, 0.3) is 0 Å². The summed E-state index contributed by atoms with van der Waals surface area (Å²) in [4.78, 5) is 6.30. The normalized spacial score (nSPS) is 18.1. The molecule has 0 spiro atoms. The molecule has 0 aliphatic heterocycles. The van der Waals surface area contributed by atoms with Crippen LogP contribution < -0.4 is 5.32 Å². The molecule has 1 aliphatic rings. The average Bonchev–Trinajstić information content (AvgIpc) is 2.87. The molecule has 0 saturated carbocycles. The summed E-state index contributed by atoms with van der Waals surface area (Å²) in [7, 11) is 1.76. The second kappa shape index (κ2) is 5.46. The van der Waals surface area contributed by atoms with Gasteiger partial charge in [-0.3, -0.25) is 0 Å². The molecule has 0 fully saturated rings. The maximum Gasteiger partial charge on any atom is 0.115 e. The zero-order valence-corrected chi connectivity index (χ0v) is 11.8. The Labute approximate surface area is 108 Å². The number of fused-ring (bicyclic) bond motifs is 1. The summed E-state index contributed by atoms with van der Waals surface area (Å²) in [6.07, 6.45) is 4.77. The summed E-state index contributed by atoms with van der Waals surface area (Å²) in [5, 5.41) is 4.77. The molecule has 1 atom stereocenters. The van der Waals surface area contributed by atoms with Gasteiger partial charge >= 0.3 is 0 Å². The Kier molecular flexibility index (Phi) is 4.17. The first-order valence-electron chi connectivity index (χ1n) is 6.42. The highest BCUT2D eigenvalue weighted by molar-refractivity contribution is 7.12. The predicted molar refractivity (Wildman–Crippen MR) is 71.7 cm³/mol. The number of thiazole rings is 1. The number of methoxy groups -OCH3 is 1. The fourth-order valence-electron chi connectivity index (χ4n) is 2.30. The number of rotatable bonds is 6. The smallest absolute Gasteiger partial charge is 0.115 e. The van der Waals surface area contributed by atoms with Crippen molar-refractivity contribution in [2.75, 3.05) is 20.3 Å². The molecule has 0 amide bonds. The second-order valence-corrected chi connectivity index (χ2v) is 6.02. The van der Waals surface area contributed by atoms with Crippen molar-refractivity contribution >= 4 is 11.3 Å². The third-order valence-electron chi connectivity index (χ3n) is 3.27. The van der Waals surface area contributed by atoms with Gasteiger partial charge in [-0.25, -0.2) is 4.98 Å². The van der Waals surface area contributed by atoms with E-state index >= 15 is 0 Å². The highest BCUT2D eigenvalue weighted by atomic mass is 32.1. The molecule has 1 N–H and O–H groups in total. The molecule has 1 heterocycles. The summed E-state index contributed by atoms with van der Waals surface area (Å²) in [6.45, 7) is 6.06. The van der Waals surface area contributed by atoms with E-state index in [2.05, 4.69) is 19.2 Å². The Bertz CT molecular complexity index is 356. The predicted octanol–water partition coefficient (Wildman–Crippen LogP) is 2.49. The topological polar surface area (TPSA) is 34.1 Å². The van der Waals surface area contributed by atoms with Gasteiger partial charge in [0.1, 0.15) is 5.01 Å². The zero-order valence-electron chi connectivity index (χ0n) is 11.0. The van der Waals surface area contributed by atoms with Crippen LogP contribution in [0.25, 0.3) is 0 Å². The molecule has 17 heavy (non-hydrogen) atoms. The van der Waals surface area contributed by atoms with Crippen LogP contribution in [0.5, 0.6) is 0 Å². The third kappa shape index (κ3) is 2.69. The maximum absolute atomic E-state index is 5.36. The van der Waals surface area contributed by atoms with E-state index in [-0.39, 0.29) is 5.54 Å². The van der Waals surface area contributed by atoms with Gasteiger partial charge in [0.2, 0.25) is 0 Å². The van der Waals surface area contributed by atoms with Gasteiger partial charge in [0, 0.05) is 12.0 Å². The fraction of sp³-hybridized carbons (Fsp3) is 0.769. The van der Waals surface area contributed by atoms with Crippen molar-refractivity contribution in [2.45, 2.75) is 45.1 Å². The minimum Gasteiger partial charge on any atom is -0.382 e. The van der Waals surface area contributed by atoms with Crippen molar-refractivity contribution in [3.05, 3.63) is 15.6 Å². The number of hydrogen-bond donors (Lipinski definition) is 1. The summed E-state index contributed by atoms with van der Waals surface area (Å²) >= 11 is 1.87. The lowest BCUT2D eigenvalue weighted by Crippen LogP contribution is -2.43. The van der Waals surface area contributed by atoms with Gasteiger partial charge in [-0.05, 0) is 39.2 Å². The lowest BCUT2D eigenvalue weighted by atomic mass is 10.0. The van der Waals surface area contributed by atoms with Gasteiger partial charge in [0.15, 0.2) is 0 Å². The summed E-state index contributed by atoms with van der Waals surface area (Å²) < 4.78 is 5.36. The van der Waals surface area contributed by atoms with E-state index in [9.17, 15) is 0 Å². The lowest BCUT2D eigenvalue weighted by molar-refractivity contribution is 0.118. The SMILES string of the molecule is CCCNC(C)(COC)c1nc2c(s1)CCC2. The third-order valence-corrected chi connectivity index (χ3v) is 4.69. The molecule has 3 nitrogen and oxygen atoms in total. The molecular formula is C13H22N2OS. The fourth-order valence-corrected chi connectivity index (χ4v) is 3.56. The van der Waals surface area contributed by atoms with E-state index < -0.39 is 0 Å². The van der Waals surface area contributed by atoms with Crippen LogP contribution in [0.2, 0.25) is 0 Å². The van der Waals surface area contributed by atoms with E-state index in [1.165, 1.54) is 28.4 Å². The number of nitrogens with zero attached hydrogens (tertiary/aromatic N) is 1. The summed E-state index contributed by atoms with van der Waals surface area (Å²) in [5.41, 5.74) is 1.20. The largest absolute Gasteiger partial charge is 0.382 e. The first-order chi connectivity index (χ1) is 8.19. The van der Waals surface area contributed by atoms with Crippen LogP contribution in [0.15, 0.2) is 0 Å². The van der Waals surface area contributed by atoms with Crippen LogP contribution >= 0.6 is 11.3 Å². The molecule has 1 aromatic rings. The Morgan fingerprint density at radius 2 is 2.29 bits per heavy atom. The molecule has 2 rings (SSSR count). The van der Waals surface area contributed by atoms with E-state index in [0.29, 0.717) is 6.61 Å². The number of hydrogen-bond acceptors (Lipinski definition) is 4. The van der Waals surface area contributed by atoms with Crippen LogP contribution in [0, 0.1) is 0 Å². The second-order valence-electron chi connectivity index (χ2n) is 4.93. The van der Waals surface area contributed by atoms with E-state index in [1.807, 2.05) is 11.3 Å². The molecule has 96 valence electrons. The molecule has 4 heteroatoms. The number of ether oxygens (including phenoxy) is 1. The summed E-state index contributed by atoms with van der Waals surface area (Å²) in [5.74, 6) is 0. The number of aromatic nitrogens is 1. The first-order valence-corrected chi connectivity index (χ1v) is 7.24. The molecule has 1 unspecified atom stereocenters. The van der Waals surface area contributed by atoms with E-state index in [4.69, 9.17) is 9.72 Å². The minimum absolute atomic E-state index is 0.125. The Balaban J connectivity index is 2.18. The Hall–Kier alpha value is -0.450. The van der Waals surface area contributed by atoms with Gasteiger partial charge in [-0.2, -0.15) is 0 Å². The molecular weight excluding hydrogens is 232 g/mol. The molecule has 0 saturated heterocycles. The van der Waals surface area contributed by atoms with Gasteiger partial charge in [-0.15, -0.1) is 11.3 Å². The van der Waals surface area contributed by atoms with Crippen LogP contribution in [0.1, 0.15) is 42.3 Å². The molecule has 0 aromatic carbocycles. The standard InChI is InChI=1S/C13H22N2OS/c1-4-8-14-13(2,9-16-3)12-15-10-6-5-7-11(10)17-12/h14H,4-9H2,1-3H3. The minimum atomic E-state index is -0.125. The van der Waals surface area contributed by atoms with Crippen LogP contribution in [-0.4, -0.2) is 25.2 Å². The highest BCUT2D eigenvalue weighted by Crippen LogP contribution is 2.33. The van der Waals surface area contributed by atoms with Crippen molar-refractivity contribution in [1.29, 1.82) is 0 Å². The van der Waals surface area contributed by atoms with Crippen molar-refractivity contribution in [1.82, 2.24) is 10.3 Å². The molecule has 0 radical (unpaired) electrons. The first kappa shape index (κ1) is 13.0. The Morgan fingerprint density at radius 3 is 2.94 bits per heavy atom. The number of nitrogens with one attached hydrogen (secondary N) is 1. The van der Waals surface area contributed by atoms with Crippen LogP contribution in [0.3, 0.4) is 0 Å². The van der Waals surface area contributed by atoms with Gasteiger partial charge in [0.05, 0.1) is 17.8 Å². The van der Waals surface area contributed by atoms with Gasteiger partial charge in [-0.1, -0.05) is 6.92 Å². The average molecular weight is 254 g/mol. The van der Waals surface area contributed by atoms with E-state index in [0.717, 1.165) is 19.4 Å². The van der Waals surface area contributed by atoms with Gasteiger partial charge < -0.3 is 10.1 Å². The van der Waals surface area contributed by atoms with Crippen LogP contribution in [-0.2, 0) is 23.1 Å². The lowest BCUT2D eigenvalue weighted by Gasteiger charge is -2.28. The summed E-state index contributed by atoms with van der Waals surface area (Å²) in [6, 6.07) is 0. The number of aryl methyl sites for hydroxylation is 2. The quantitative estimate of drug-likeness (QED) is 0.847. The zero-order chi connectivity index (χ0) is 12.3. The van der Waals surface area contributed by atoms with Crippen LogP contribution in [0.4, 0.5) is 0 Å². The molecule has 1 aromatic heterocycles. The Morgan fingerprint density at radius 1 is 1.47 bits per heavy atom. The van der Waals surface area contributed by atoms with E-state index in [1.54, 1.807) is 7.11 Å². The molecule has 0 bridgehead atoms. The maximum atomic E-state index is 5.36. The highest BCUT2D eigenvalue weighted by Gasteiger charge is 2.31. The van der Waals surface area contributed by atoms with Crippen molar-refractivity contribution in [3.63, 3.8) is 0 Å².